The molecule has 0 spiro atoms. The van der Waals surface area contributed by atoms with Crippen molar-refractivity contribution in [2.75, 3.05) is 13.1 Å². The predicted molar refractivity (Wildman–Crippen MR) is 133 cm³/mol. The van der Waals surface area contributed by atoms with E-state index in [2.05, 4.69) is 75.4 Å². The highest BCUT2D eigenvalue weighted by Crippen LogP contribution is 2.24. The van der Waals surface area contributed by atoms with Gasteiger partial charge in [0.1, 0.15) is 0 Å². The summed E-state index contributed by atoms with van der Waals surface area (Å²) in [6.07, 6.45) is -0.896. The maximum absolute atomic E-state index is 12.6. The molecule has 8 heteroatoms. The molecule has 0 unspecified atom stereocenters. The fourth-order valence-electron chi connectivity index (χ4n) is 3.20. The number of nitrogens with zero attached hydrogens (tertiary/aromatic N) is 1. The standard InChI is InChI=1S/C24H34Cl2N2O3S/c1-23(2,3)18-9-7-17(8-10-18)15-28(24(4,5)6)16-21(29)14-27-32(30,31)22-12-19(25)11-20(26)13-22/h7-13,21,27,29H,14-16H2,1-6H3/t21-/m0/s1. The van der Waals surface area contributed by atoms with E-state index in [0.29, 0.717) is 13.1 Å². The van der Waals surface area contributed by atoms with Gasteiger partial charge >= 0.3 is 0 Å². The van der Waals surface area contributed by atoms with Gasteiger partial charge in [-0.05, 0) is 55.5 Å². The van der Waals surface area contributed by atoms with Crippen LogP contribution in [0.4, 0.5) is 0 Å². The van der Waals surface area contributed by atoms with Crippen LogP contribution >= 0.6 is 23.2 Å². The Kier molecular flexibility index (Phi) is 8.82. The topological polar surface area (TPSA) is 69.6 Å². The maximum Gasteiger partial charge on any atom is 0.240 e. The summed E-state index contributed by atoms with van der Waals surface area (Å²) >= 11 is 11.8. The van der Waals surface area contributed by atoms with Gasteiger partial charge in [0.25, 0.3) is 0 Å². The summed E-state index contributed by atoms with van der Waals surface area (Å²) in [5, 5.41) is 11.1. The number of β-amino-alcohol motifs (C(OH)–C–C–N with tert-alkyl or cyclic N) is 1. The monoisotopic (exact) mass is 500 g/mol. The molecule has 0 heterocycles. The van der Waals surface area contributed by atoms with E-state index in [1.807, 2.05) is 0 Å². The molecule has 0 aliphatic carbocycles. The van der Waals surface area contributed by atoms with E-state index in [1.54, 1.807) is 0 Å². The first kappa shape index (κ1) is 27.1. The van der Waals surface area contributed by atoms with Crippen LogP contribution < -0.4 is 4.72 Å². The molecule has 32 heavy (non-hydrogen) atoms. The van der Waals surface area contributed by atoms with Crippen LogP contribution in [0, 0.1) is 0 Å². The van der Waals surface area contributed by atoms with E-state index < -0.39 is 16.1 Å². The molecule has 2 rings (SSSR count). The second kappa shape index (κ2) is 10.4. The molecule has 5 nitrogen and oxygen atoms in total. The van der Waals surface area contributed by atoms with Crippen LogP contribution in [-0.4, -0.2) is 43.2 Å². The third-order valence-electron chi connectivity index (χ3n) is 5.23. The van der Waals surface area contributed by atoms with Crippen molar-refractivity contribution < 1.29 is 13.5 Å². The Morgan fingerprint density at radius 3 is 1.97 bits per heavy atom. The number of aliphatic hydroxyl groups excluding tert-OH is 1. The van der Waals surface area contributed by atoms with Gasteiger partial charge in [0.15, 0.2) is 0 Å². The fourth-order valence-corrected chi connectivity index (χ4v) is 5.00. The first-order chi connectivity index (χ1) is 14.6. The highest BCUT2D eigenvalue weighted by molar-refractivity contribution is 7.89. The molecule has 2 N–H and O–H groups in total. The number of hydrogen-bond donors (Lipinski definition) is 2. The molecule has 0 amide bonds. The van der Waals surface area contributed by atoms with Crippen LogP contribution in [0.25, 0.3) is 0 Å². The van der Waals surface area contributed by atoms with Crippen molar-refractivity contribution in [2.24, 2.45) is 0 Å². The van der Waals surface area contributed by atoms with E-state index in [1.165, 1.54) is 23.8 Å². The molecule has 0 radical (unpaired) electrons. The zero-order chi connectivity index (χ0) is 24.3. The highest BCUT2D eigenvalue weighted by atomic mass is 35.5. The molecular formula is C24H34Cl2N2O3S. The summed E-state index contributed by atoms with van der Waals surface area (Å²) < 4.78 is 27.6. The molecule has 2 aromatic carbocycles. The van der Waals surface area contributed by atoms with Gasteiger partial charge in [-0.3, -0.25) is 4.90 Å². The molecular weight excluding hydrogens is 467 g/mol. The molecule has 0 bridgehead atoms. The second-order valence-corrected chi connectivity index (χ2v) is 12.7. The minimum absolute atomic E-state index is 0.0335. The smallest absolute Gasteiger partial charge is 0.240 e. The maximum atomic E-state index is 12.6. The van der Waals surface area contributed by atoms with Crippen molar-refractivity contribution in [1.29, 1.82) is 0 Å². The lowest BCUT2D eigenvalue weighted by Gasteiger charge is -2.37. The van der Waals surface area contributed by atoms with Crippen LogP contribution in [0.2, 0.25) is 10.0 Å². The molecule has 178 valence electrons. The quantitative estimate of drug-likeness (QED) is 0.520. The Labute approximate surface area is 202 Å². The number of benzene rings is 2. The number of nitrogens with one attached hydrogen (secondary N) is 1. The Morgan fingerprint density at radius 2 is 1.50 bits per heavy atom. The third kappa shape index (κ3) is 8.01. The Bertz CT molecular complexity index is 991. The van der Waals surface area contributed by atoms with Gasteiger partial charge in [0.05, 0.1) is 11.0 Å². The zero-order valence-corrected chi connectivity index (χ0v) is 21.9. The molecule has 2 aromatic rings. The molecule has 1 atom stereocenters. The van der Waals surface area contributed by atoms with Crippen LogP contribution in [0.15, 0.2) is 47.4 Å². The van der Waals surface area contributed by atoms with E-state index in [0.717, 1.165) is 5.56 Å². The second-order valence-electron chi connectivity index (χ2n) is 10.1. The first-order valence-corrected chi connectivity index (χ1v) is 12.8. The van der Waals surface area contributed by atoms with Crippen LogP contribution in [0.5, 0.6) is 0 Å². The van der Waals surface area contributed by atoms with Gasteiger partial charge in [-0.15, -0.1) is 0 Å². The fraction of sp³-hybridized carbons (Fsp3) is 0.500. The van der Waals surface area contributed by atoms with Gasteiger partial charge in [-0.2, -0.15) is 0 Å². The van der Waals surface area contributed by atoms with Gasteiger partial charge < -0.3 is 5.11 Å². The average Bonchev–Trinajstić information content (AvgIpc) is 2.64. The summed E-state index contributed by atoms with van der Waals surface area (Å²) in [6.45, 7) is 13.6. The van der Waals surface area contributed by atoms with E-state index in [4.69, 9.17) is 23.2 Å². The van der Waals surface area contributed by atoms with Crippen molar-refractivity contribution in [1.82, 2.24) is 9.62 Å². The van der Waals surface area contributed by atoms with Crippen LogP contribution in [0.1, 0.15) is 52.7 Å². The largest absolute Gasteiger partial charge is 0.390 e. The predicted octanol–water partition coefficient (Wildman–Crippen LogP) is 5.23. The molecule has 0 aromatic heterocycles. The lowest BCUT2D eigenvalue weighted by Crippen LogP contribution is -2.47. The van der Waals surface area contributed by atoms with E-state index >= 15 is 0 Å². The van der Waals surface area contributed by atoms with E-state index in [9.17, 15) is 13.5 Å². The SMILES string of the molecule is CC(C)(C)c1ccc(CN(C[C@@H](O)CNS(=O)(=O)c2cc(Cl)cc(Cl)c2)C(C)(C)C)cc1. The molecule has 0 saturated carbocycles. The first-order valence-electron chi connectivity index (χ1n) is 10.6. The number of sulfonamides is 1. The molecule has 0 fully saturated rings. The zero-order valence-electron chi connectivity index (χ0n) is 19.6. The summed E-state index contributed by atoms with van der Waals surface area (Å²) in [5.41, 5.74) is 2.26. The average molecular weight is 502 g/mol. The van der Waals surface area contributed by atoms with Crippen molar-refractivity contribution in [2.45, 2.75) is 70.0 Å². The number of halogens is 2. The van der Waals surface area contributed by atoms with E-state index in [-0.39, 0.29) is 32.4 Å². The Balaban J connectivity index is 2.06. The lowest BCUT2D eigenvalue weighted by atomic mass is 9.86. The van der Waals surface area contributed by atoms with Gasteiger partial charge in [0, 0.05) is 35.2 Å². The van der Waals surface area contributed by atoms with Crippen LogP contribution in [0.3, 0.4) is 0 Å². The van der Waals surface area contributed by atoms with Gasteiger partial charge in [-0.25, -0.2) is 13.1 Å². The Hall–Kier alpha value is -1.15. The number of rotatable bonds is 8. The molecule has 0 aliphatic rings. The molecule has 0 saturated heterocycles. The van der Waals surface area contributed by atoms with Crippen molar-refractivity contribution in [3.05, 3.63) is 63.6 Å². The van der Waals surface area contributed by atoms with Gasteiger partial charge in [-0.1, -0.05) is 68.2 Å². The summed E-state index contributed by atoms with van der Waals surface area (Å²) in [7, 11) is -3.85. The lowest BCUT2D eigenvalue weighted by molar-refractivity contribution is 0.0551. The van der Waals surface area contributed by atoms with Crippen molar-refractivity contribution in [3.63, 3.8) is 0 Å². The molecule has 0 aliphatic heterocycles. The number of aliphatic hydroxyl groups is 1. The number of hydrogen-bond acceptors (Lipinski definition) is 4. The Morgan fingerprint density at radius 1 is 0.969 bits per heavy atom. The third-order valence-corrected chi connectivity index (χ3v) is 7.07. The van der Waals surface area contributed by atoms with Crippen LogP contribution in [-0.2, 0) is 22.0 Å². The normalized spacial score (nSPS) is 14.1. The minimum atomic E-state index is -3.85. The summed E-state index contributed by atoms with van der Waals surface area (Å²) in [4.78, 5) is 2.10. The summed E-state index contributed by atoms with van der Waals surface area (Å²) in [5.74, 6) is 0. The minimum Gasteiger partial charge on any atom is -0.390 e. The highest BCUT2D eigenvalue weighted by Gasteiger charge is 2.25. The van der Waals surface area contributed by atoms with Gasteiger partial charge in [0.2, 0.25) is 10.0 Å². The van der Waals surface area contributed by atoms with Crippen molar-refractivity contribution >= 4 is 33.2 Å². The summed E-state index contributed by atoms with van der Waals surface area (Å²) in [6, 6.07) is 12.6. The van der Waals surface area contributed by atoms with Crippen molar-refractivity contribution in [3.8, 4) is 0 Å².